The summed E-state index contributed by atoms with van der Waals surface area (Å²) >= 11 is 1.84. The smallest absolute Gasteiger partial charge is 0.233 e. The number of carbonyl (C=O) groups excluding carboxylic acids is 1. The normalized spacial score (nSPS) is 14.0. The average molecular weight is 363 g/mol. The number of hydrogen-bond donors (Lipinski definition) is 1. The third-order valence-corrected chi connectivity index (χ3v) is 5.69. The molecule has 26 heavy (non-hydrogen) atoms. The molecule has 1 aliphatic heterocycles. The molecule has 4 nitrogen and oxygen atoms in total. The Kier molecular flexibility index (Phi) is 4.80. The zero-order valence-corrected chi connectivity index (χ0v) is 15.5. The molecular formula is C21H21N3OS. The molecule has 132 valence electrons. The monoisotopic (exact) mass is 363 g/mol. The summed E-state index contributed by atoms with van der Waals surface area (Å²) < 4.78 is 1.88. The molecule has 1 atom stereocenters. The number of nitrogens with one attached hydrogen (secondary N) is 1. The summed E-state index contributed by atoms with van der Waals surface area (Å²) in [6, 6.07) is 20.0. The number of carbonyl (C=O) groups is 1. The van der Waals surface area contributed by atoms with Gasteiger partial charge in [0.05, 0.1) is 17.3 Å². The van der Waals surface area contributed by atoms with Gasteiger partial charge in [0, 0.05) is 17.1 Å². The van der Waals surface area contributed by atoms with Crippen LogP contribution in [0.1, 0.15) is 36.1 Å². The Bertz CT molecular complexity index is 906. The number of hydrogen-bond acceptors (Lipinski definition) is 3. The molecule has 0 saturated heterocycles. The topological polar surface area (TPSA) is 46.9 Å². The standard InChI is InChI=1S/C21H21N3OS/c1-2-17(15-9-5-3-6-10-15)21(25)22-20-18-13-26-14-19(18)23-24(20)16-11-7-4-8-12-16/h3-12,17H,2,13-14H2,1H3,(H,22,25). The summed E-state index contributed by atoms with van der Waals surface area (Å²) in [4.78, 5) is 13.1. The van der Waals surface area contributed by atoms with Crippen LogP contribution in [0.25, 0.3) is 5.69 Å². The lowest BCUT2D eigenvalue weighted by Gasteiger charge is -2.17. The summed E-state index contributed by atoms with van der Waals surface area (Å²) in [6.07, 6.45) is 0.756. The molecule has 4 rings (SSSR count). The van der Waals surface area contributed by atoms with Crippen molar-refractivity contribution in [2.75, 3.05) is 5.32 Å². The zero-order chi connectivity index (χ0) is 17.9. The molecule has 2 aromatic carbocycles. The number of aromatic nitrogens is 2. The molecule has 0 fully saturated rings. The first-order chi connectivity index (χ1) is 12.8. The zero-order valence-electron chi connectivity index (χ0n) is 14.7. The van der Waals surface area contributed by atoms with Gasteiger partial charge in [-0.25, -0.2) is 4.68 Å². The lowest BCUT2D eigenvalue weighted by atomic mass is 9.95. The Morgan fingerprint density at radius 1 is 1.12 bits per heavy atom. The van der Waals surface area contributed by atoms with E-state index in [-0.39, 0.29) is 11.8 Å². The van der Waals surface area contributed by atoms with Crippen LogP contribution >= 0.6 is 11.8 Å². The van der Waals surface area contributed by atoms with E-state index in [0.717, 1.165) is 46.3 Å². The van der Waals surface area contributed by atoms with Gasteiger partial charge in [0.2, 0.25) is 5.91 Å². The maximum absolute atomic E-state index is 13.1. The van der Waals surface area contributed by atoms with E-state index in [2.05, 4.69) is 5.32 Å². The molecule has 0 radical (unpaired) electrons. The van der Waals surface area contributed by atoms with Gasteiger partial charge in [0.1, 0.15) is 5.82 Å². The molecule has 0 aliphatic carbocycles. The first kappa shape index (κ1) is 16.9. The molecule has 2 heterocycles. The summed E-state index contributed by atoms with van der Waals surface area (Å²) in [5.41, 5.74) is 4.23. The Morgan fingerprint density at radius 3 is 2.50 bits per heavy atom. The predicted octanol–water partition coefficient (Wildman–Crippen LogP) is 4.75. The Balaban J connectivity index is 1.68. The summed E-state index contributed by atoms with van der Waals surface area (Å²) in [5, 5.41) is 7.94. The number of rotatable bonds is 5. The van der Waals surface area contributed by atoms with E-state index in [0.29, 0.717) is 0 Å². The molecule has 1 aromatic heterocycles. The van der Waals surface area contributed by atoms with Crippen LogP contribution in [-0.4, -0.2) is 15.7 Å². The fourth-order valence-corrected chi connectivity index (χ4v) is 4.39. The van der Waals surface area contributed by atoms with Crippen LogP contribution in [0.5, 0.6) is 0 Å². The van der Waals surface area contributed by atoms with Gasteiger partial charge in [-0.15, -0.1) is 0 Å². The van der Waals surface area contributed by atoms with Crippen molar-refractivity contribution in [2.24, 2.45) is 0 Å². The number of anilines is 1. The molecule has 1 N–H and O–H groups in total. The summed E-state index contributed by atoms with van der Waals surface area (Å²) in [7, 11) is 0. The number of benzene rings is 2. The second-order valence-electron chi connectivity index (χ2n) is 6.37. The van der Waals surface area contributed by atoms with Crippen LogP contribution in [0.2, 0.25) is 0 Å². The van der Waals surface area contributed by atoms with Crippen LogP contribution in [-0.2, 0) is 16.3 Å². The average Bonchev–Trinajstić information content (AvgIpc) is 3.27. The Morgan fingerprint density at radius 2 is 1.81 bits per heavy atom. The van der Waals surface area contributed by atoms with E-state index < -0.39 is 0 Å². The van der Waals surface area contributed by atoms with Crippen LogP contribution in [0.15, 0.2) is 60.7 Å². The van der Waals surface area contributed by atoms with Crippen molar-refractivity contribution in [1.82, 2.24) is 9.78 Å². The third kappa shape index (κ3) is 3.15. The van der Waals surface area contributed by atoms with E-state index in [1.165, 1.54) is 0 Å². The molecule has 0 saturated carbocycles. The maximum atomic E-state index is 13.1. The lowest BCUT2D eigenvalue weighted by Crippen LogP contribution is -2.23. The predicted molar refractivity (Wildman–Crippen MR) is 107 cm³/mol. The Labute approximate surface area is 157 Å². The minimum Gasteiger partial charge on any atom is -0.310 e. The number of thioether (sulfide) groups is 1. The van der Waals surface area contributed by atoms with Gasteiger partial charge in [0.15, 0.2) is 0 Å². The number of fused-ring (bicyclic) bond motifs is 1. The second-order valence-corrected chi connectivity index (χ2v) is 7.36. The highest BCUT2D eigenvalue weighted by molar-refractivity contribution is 7.98. The lowest BCUT2D eigenvalue weighted by molar-refractivity contribution is -0.117. The minimum atomic E-state index is -0.167. The highest BCUT2D eigenvalue weighted by Crippen LogP contribution is 2.36. The van der Waals surface area contributed by atoms with Crippen LogP contribution in [0.4, 0.5) is 5.82 Å². The number of para-hydroxylation sites is 1. The Hall–Kier alpha value is -2.53. The SMILES string of the molecule is CCC(C(=O)Nc1c2c(nn1-c1ccccc1)CSC2)c1ccccc1. The van der Waals surface area contributed by atoms with Crippen molar-refractivity contribution in [1.29, 1.82) is 0 Å². The highest BCUT2D eigenvalue weighted by Gasteiger charge is 2.27. The van der Waals surface area contributed by atoms with Gasteiger partial charge < -0.3 is 5.32 Å². The number of nitrogens with zero attached hydrogens (tertiary/aromatic N) is 2. The third-order valence-electron chi connectivity index (χ3n) is 4.72. The molecule has 3 aromatic rings. The van der Waals surface area contributed by atoms with Crippen molar-refractivity contribution < 1.29 is 4.79 Å². The van der Waals surface area contributed by atoms with E-state index in [1.54, 1.807) is 0 Å². The fraction of sp³-hybridized carbons (Fsp3) is 0.238. The van der Waals surface area contributed by atoms with Gasteiger partial charge in [-0.05, 0) is 24.1 Å². The quantitative estimate of drug-likeness (QED) is 0.711. The molecular weight excluding hydrogens is 342 g/mol. The molecule has 1 amide bonds. The summed E-state index contributed by atoms with van der Waals surface area (Å²) in [6.45, 7) is 2.05. The molecule has 0 bridgehead atoms. The van der Waals surface area contributed by atoms with E-state index in [9.17, 15) is 4.79 Å². The van der Waals surface area contributed by atoms with Gasteiger partial charge in [-0.2, -0.15) is 16.9 Å². The first-order valence-electron chi connectivity index (χ1n) is 8.87. The maximum Gasteiger partial charge on any atom is 0.233 e. The number of amides is 1. The molecule has 0 spiro atoms. The largest absolute Gasteiger partial charge is 0.310 e. The molecule has 1 unspecified atom stereocenters. The van der Waals surface area contributed by atoms with Crippen molar-refractivity contribution >= 4 is 23.5 Å². The van der Waals surface area contributed by atoms with E-state index in [4.69, 9.17) is 5.10 Å². The molecule has 5 heteroatoms. The minimum absolute atomic E-state index is 0.0236. The second kappa shape index (κ2) is 7.38. The van der Waals surface area contributed by atoms with E-state index >= 15 is 0 Å². The van der Waals surface area contributed by atoms with Crippen molar-refractivity contribution in [3.8, 4) is 5.69 Å². The van der Waals surface area contributed by atoms with Gasteiger partial charge in [0.25, 0.3) is 0 Å². The van der Waals surface area contributed by atoms with Crippen molar-refractivity contribution in [3.63, 3.8) is 0 Å². The fourth-order valence-electron chi connectivity index (χ4n) is 3.36. The van der Waals surface area contributed by atoms with Crippen LogP contribution in [0, 0.1) is 0 Å². The van der Waals surface area contributed by atoms with Crippen LogP contribution < -0.4 is 5.32 Å². The van der Waals surface area contributed by atoms with Crippen molar-refractivity contribution in [2.45, 2.75) is 30.8 Å². The van der Waals surface area contributed by atoms with Gasteiger partial charge in [-0.1, -0.05) is 55.5 Å². The van der Waals surface area contributed by atoms with E-state index in [1.807, 2.05) is 84.0 Å². The van der Waals surface area contributed by atoms with Gasteiger partial charge in [-0.3, -0.25) is 4.79 Å². The summed E-state index contributed by atoms with van der Waals surface area (Å²) in [5.74, 6) is 2.46. The van der Waals surface area contributed by atoms with Crippen LogP contribution in [0.3, 0.4) is 0 Å². The first-order valence-corrected chi connectivity index (χ1v) is 10.0. The van der Waals surface area contributed by atoms with Gasteiger partial charge >= 0.3 is 0 Å². The highest BCUT2D eigenvalue weighted by atomic mass is 32.2. The molecule has 1 aliphatic rings. The van der Waals surface area contributed by atoms with Crippen molar-refractivity contribution in [3.05, 3.63) is 77.5 Å².